The number of hydrogen-bond donors (Lipinski definition) is 2. The normalized spacial score (nSPS) is 26.4. The van der Waals surface area contributed by atoms with Crippen LogP contribution in [-0.2, 0) is 0 Å². The molecule has 5 nitrogen and oxygen atoms in total. The third-order valence-corrected chi connectivity index (χ3v) is 5.74. The van der Waals surface area contributed by atoms with E-state index in [9.17, 15) is 4.79 Å². The number of aromatic nitrogens is 2. The summed E-state index contributed by atoms with van der Waals surface area (Å²) in [6.45, 7) is 0. The van der Waals surface area contributed by atoms with E-state index < -0.39 is 0 Å². The summed E-state index contributed by atoms with van der Waals surface area (Å²) in [6, 6.07) is 0.151. The molecule has 2 fully saturated rings. The Bertz CT molecular complexity index is 460. The molecule has 2 aliphatic carbocycles. The molecule has 0 unspecified atom stereocenters. The van der Waals surface area contributed by atoms with E-state index in [2.05, 4.69) is 27.1 Å². The summed E-state index contributed by atoms with van der Waals surface area (Å²) in [7, 11) is 0. The van der Waals surface area contributed by atoms with Crippen molar-refractivity contribution in [2.45, 2.75) is 49.3 Å². The summed E-state index contributed by atoms with van der Waals surface area (Å²) in [6.07, 6.45) is 7.88. The minimum absolute atomic E-state index is 0.148. The molecule has 0 saturated heterocycles. The fourth-order valence-corrected chi connectivity index (χ4v) is 4.09. The van der Waals surface area contributed by atoms with Crippen molar-refractivity contribution in [3.63, 3.8) is 0 Å². The first kappa shape index (κ1) is 13.2. The maximum Gasteiger partial charge on any atom is 0.321 e. The smallest absolute Gasteiger partial charge is 0.321 e. The van der Waals surface area contributed by atoms with Crippen molar-refractivity contribution in [1.82, 2.24) is 15.5 Å². The van der Waals surface area contributed by atoms with Crippen LogP contribution in [0.25, 0.3) is 0 Å². The minimum Gasteiger partial charge on any atom is -0.335 e. The lowest BCUT2D eigenvalue weighted by Crippen LogP contribution is -2.36. The molecule has 3 rings (SSSR count). The summed E-state index contributed by atoms with van der Waals surface area (Å²) in [5.41, 5.74) is 0. The lowest BCUT2D eigenvalue weighted by Gasteiger charge is -2.12. The summed E-state index contributed by atoms with van der Waals surface area (Å²) in [5, 5.41) is 16.3. The molecule has 0 bridgehead atoms. The highest BCUT2D eigenvalue weighted by atomic mass is 32.2. The van der Waals surface area contributed by atoms with Gasteiger partial charge in [-0.15, -0.1) is 10.2 Å². The summed E-state index contributed by atoms with van der Waals surface area (Å²) in [4.78, 5) is 11.9. The number of urea groups is 1. The van der Waals surface area contributed by atoms with E-state index in [-0.39, 0.29) is 6.03 Å². The number of carbonyl (C=O) groups excluding carboxylic acids is 1. The Morgan fingerprint density at radius 3 is 2.84 bits per heavy atom. The first-order valence-electron chi connectivity index (χ1n) is 6.68. The molecule has 2 N–H and O–H groups in total. The molecule has 7 heteroatoms. The van der Waals surface area contributed by atoms with Crippen molar-refractivity contribution < 1.29 is 4.79 Å². The van der Waals surface area contributed by atoms with Crippen molar-refractivity contribution >= 4 is 34.3 Å². The van der Waals surface area contributed by atoms with Gasteiger partial charge in [-0.1, -0.05) is 11.3 Å². The van der Waals surface area contributed by atoms with Crippen molar-refractivity contribution in [1.29, 1.82) is 0 Å². The maximum atomic E-state index is 11.9. The molecule has 2 aliphatic rings. The zero-order chi connectivity index (χ0) is 13.2. The van der Waals surface area contributed by atoms with Crippen LogP contribution < -0.4 is 10.6 Å². The molecule has 19 heavy (non-hydrogen) atoms. The lowest BCUT2D eigenvalue weighted by atomic mass is 10.2. The van der Waals surface area contributed by atoms with Gasteiger partial charge in [-0.25, -0.2) is 4.79 Å². The van der Waals surface area contributed by atoms with Crippen LogP contribution in [0.4, 0.5) is 9.93 Å². The van der Waals surface area contributed by atoms with Crippen molar-refractivity contribution in [3.05, 3.63) is 5.01 Å². The summed E-state index contributed by atoms with van der Waals surface area (Å²) in [5.74, 6) is 0.591. The van der Waals surface area contributed by atoms with Gasteiger partial charge < -0.3 is 5.32 Å². The van der Waals surface area contributed by atoms with Crippen molar-refractivity contribution in [2.75, 3.05) is 11.6 Å². The second-order valence-corrected chi connectivity index (χ2v) is 7.33. The Morgan fingerprint density at radius 1 is 1.32 bits per heavy atom. The number of thioether (sulfide) groups is 1. The van der Waals surface area contributed by atoms with E-state index >= 15 is 0 Å². The first-order valence-corrected chi connectivity index (χ1v) is 8.78. The van der Waals surface area contributed by atoms with Gasteiger partial charge in [0.1, 0.15) is 5.01 Å². The predicted molar refractivity (Wildman–Crippen MR) is 79.0 cm³/mol. The van der Waals surface area contributed by atoms with Gasteiger partial charge in [-0.3, -0.25) is 5.32 Å². The standard InChI is InChI=1S/C12H18N4OS2/c1-18-9-5-4-8(6-9)13-11(17)14-12-16-15-10(19-12)7-2-3-7/h7-9H,2-6H2,1H3,(H2,13,14,16,17)/t8-,9-/m0/s1. The van der Waals surface area contributed by atoms with Gasteiger partial charge in [0.15, 0.2) is 0 Å². The molecule has 2 amide bonds. The minimum atomic E-state index is -0.148. The Labute approximate surface area is 121 Å². The fraction of sp³-hybridized carbons (Fsp3) is 0.750. The Kier molecular flexibility index (Phi) is 3.93. The topological polar surface area (TPSA) is 66.9 Å². The van der Waals surface area contributed by atoms with E-state index in [4.69, 9.17) is 0 Å². The van der Waals surface area contributed by atoms with E-state index in [1.807, 2.05) is 11.8 Å². The molecule has 0 aliphatic heterocycles. The number of nitrogens with one attached hydrogen (secondary N) is 2. The van der Waals surface area contributed by atoms with Crippen molar-refractivity contribution in [3.8, 4) is 0 Å². The van der Waals surface area contributed by atoms with Crippen LogP contribution in [0.15, 0.2) is 0 Å². The van der Waals surface area contributed by atoms with Gasteiger partial charge >= 0.3 is 6.03 Å². The first-order chi connectivity index (χ1) is 9.24. The number of rotatable bonds is 4. The monoisotopic (exact) mass is 298 g/mol. The highest BCUT2D eigenvalue weighted by Gasteiger charge is 2.28. The molecule has 0 spiro atoms. The largest absolute Gasteiger partial charge is 0.335 e. The average Bonchev–Trinajstić information content (AvgIpc) is 2.98. The number of amides is 2. The number of hydrogen-bond acceptors (Lipinski definition) is 5. The molecular formula is C12H18N4OS2. The molecular weight excluding hydrogens is 280 g/mol. The third-order valence-electron chi connectivity index (χ3n) is 3.64. The third kappa shape index (κ3) is 3.39. The van der Waals surface area contributed by atoms with Gasteiger partial charge in [0.25, 0.3) is 0 Å². The number of anilines is 1. The second-order valence-electron chi connectivity index (χ2n) is 5.19. The zero-order valence-corrected chi connectivity index (χ0v) is 12.5. The Hall–Kier alpha value is -0.820. The van der Waals surface area contributed by atoms with E-state index in [1.165, 1.54) is 30.6 Å². The fourth-order valence-electron chi connectivity index (χ4n) is 2.38. The Balaban J connectivity index is 1.47. The SMILES string of the molecule is CS[C@H]1CC[C@H](NC(=O)Nc2nnc(C3CC3)s2)C1. The number of carbonyl (C=O) groups is 1. The molecule has 2 atom stereocenters. The zero-order valence-electron chi connectivity index (χ0n) is 10.9. The molecule has 104 valence electrons. The molecule has 0 radical (unpaired) electrons. The van der Waals surface area contributed by atoms with E-state index in [0.29, 0.717) is 22.3 Å². The van der Waals surface area contributed by atoms with Gasteiger partial charge in [0.05, 0.1) is 0 Å². The van der Waals surface area contributed by atoms with Crippen LogP contribution in [0.5, 0.6) is 0 Å². The lowest BCUT2D eigenvalue weighted by molar-refractivity contribution is 0.248. The van der Waals surface area contributed by atoms with Crippen molar-refractivity contribution in [2.24, 2.45) is 0 Å². The molecule has 0 aromatic carbocycles. The van der Waals surface area contributed by atoms with Crippen LogP contribution >= 0.6 is 23.1 Å². The second kappa shape index (κ2) is 5.66. The summed E-state index contributed by atoms with van der Waals surface area (Å²) < 4.78 is 0. The van der Waals surface area contributed by atoms with Gasteiger partial charge in [0, 0.05) is 17.2 Å². The summed E-state index contributed by atoms with van der Waals surface area (Å²) >= 11 is 3.39. The molecule has 1 aromatic rings. The van der Waals surface area contributed by atoms with Crippen LogP contribution in [0, 0.1) is 0 Å². The van der Waals surface area contributed by atoms with Crippen LogP contribution in [-0.4, -0.2) is 33.8 Å². The van der Waals surface area contributed by atoms with Crippen LogP contribution in [0.1, 0.15) is 43.0 Å². The number of nitrogens with zero attached hydrogens (tertiary/aromatic N) is 2. The molecule has 2 saturated carbocycles. The quantitative estimate of drug-likeness (QED) is 0.897. The van der Waals surface area contributed by atoms with E-state index in [0.717, 1.165) is 17.8 Å². The van der Waals surface area contributed by atoms with Gasteiger partial charge in [-0.05, 0) is 38.4 Å². The highest BCUT2D eigenvalue weighted by Crippen LogP contribution is 2.42. The van der Waals surface area contributed by atoms with Gasteiger partial charge in [-0.2, -0.15) is 11.8 Å². The molecule has 1 heterocycles. The average molecular weight is 298 g/mol. The van der Waals surface area contributed by atoms with Crippen LogP contribution in [0.3, 0.4) is 0 Å². The maximum absolute atomic E-state index is 11.9. The highest BCUT2D eigenvalue weighted by molar-refractivity contribution is 7.99. The molecule has 1 aromatic heterocycles. The van der Waals surface area contributed by atoms with E-state index in [1.54, 1.807) is 0 Å². The Morgan fingerprint density at radius 2 is 2.16 bits per heavy atom. The van der Waals surface area contributed by atoms with Gasteiger partial charge in [0.2, 0.25) is 5.13 Å². The van der Waals surface area contributed by atoms with Crippen LogP contribution in [0.2, 0.25) is 0 Å². The predicted octanol–water partition coefficient (Wildman–Crippen LogP) is 2.82.